The smallest absolute Gasteiger partial charge is 0.469 e. The summed E-state index contributed by atoms with van der Waals surface area (Å²) in [4.78, 5) is 0. The van der Waals surface area contributed by atoms with Gasteiger partial charge in [-0.3, -0.25) is 0 Å². The fourth-order valence-electron chi connectivity index (χ4n) is 3.16. The Kier molecular flexibility index (Phi) is 20.6. The summed E-state index contributed by atoms with van der Waals surface area (Å²) < 4.78 is 98.0. The Hall–Kier alpha value is -1.07. The minimum absolute atomic E-state index is 0. The fraction of sp³-hybridized carbons (Fsp3) is 0.800. The molecule has 0 saturated carbocycles. The van der Waals surface area contributed by atoms with Gasteiger partial charge in [0, 0.05) is 25.0 Å². The summed E-state index contributed by atoms with van der Waals surface area (Å²) in [5.41, 5.74) is 0. The summed E-state index contributed by atoms with van der Waals surface area (Å²) in [5, 5.41) is 15.6. The molecule has 0 aromatic carbocycles. The van der Waals surface area contributed by atoms with Crippen molar-refractivity contribution in [1.29, 1.82) is 0 Å². The zero-order chi connectivity index (χ0) is 30.5. The van der Waals surface area contributed by atoms with Gasteiger partial charge in [0.1, 0.15) is 0 Å². The van der Waals surface area contributed by atoms with Gasteiger partial charge in [0.2, 0.25) is 0 Å². The number of sulfonamides is 4. The van der Waals surface area contributed by atoms with E-state index in [0.29, 0.717) is 75.2 Å². The van der Waals surface area contributed by atoms with Gasteiger partial charge in [-0.1, -0.05) is 75.2 Å². The fourth-order valence-corrected chi connectivity index (χ4v) is 5.29. The van der Waals surface area contributed by atoms with Crippen LogP contribution in [0.3, 0.4) is 0 Å². The van der Waals surface area contributed by atoms with E-state index in [-0.39, 0.29) is 39.0 Å². The number of hydrogen-bond donors (Lipinski definition) is 0. The molecule has 0 bridgehead atoms. The Morgan fingerprint density at radius 3 is 0.667 bits per heavy atom. The van der Waals surface area contributed by atoms with Crippen LogP contribution in [-0.4, -0.2) is 108 Å². The van der Waals surface area contributed by atoms with Crippen molar-refractivity contribution in [2.75, 3.05) is 51.2 Å². The van der Waals surface area contributed by atoms with Crippen LogP contribution in [0, 0.1) is 0 Å². The van der Waals surface area contributed by atoms with Gasteiger partial charge in [-0.2, -0.15) is 0 Å². The minimum Gasteiger partial charge on any atom is -0.469 e. The molecule has 4 aliphatic rings. The van der Waals surface area contributed by atoms with E-state index in [2.05, 4.69) is 38.9 Å². The largest absolute Gasteiger partial charge is 2.00 e. The maximum Gasteiger partial charge on any atom is 2.00 e. The second-order valence-electron chi connectivity index (χ2n) is 8.90. The zero-order valence-corrected chi connectivity index (χ0v) is 30.2. The van der Waals surface area contributed by atoms with E-state index < -0.39 is 40.1 Å². The van der Waals surface area contributed by atoms with Crippen molar-refractivity contribution in [2.24, 2.45) is 17.6 Å². The van der Waals surface area contributed by atoms with E-state index >= 15 is 0 Å². The predicted molar refractivity (Wildman–Crippen MR) is 159 cm³/mol. The molecule has 2 radical (unpaired) electrons. The molecule has 4 rings (SSSR count). The number of rotatable bonds is 4. The monoisotopic (exact) mass is 850 g/mol. The van der Waals surface area contributed by atoms with Crippen LogP contribution < -0.4 is 0 Å². The number of nitrogens with zero attached hydrogens (tertiary/aromatic N) is 8. The Morgan fingerprint density at radius 1 is 0.405 bits per heavy atom. The molecule has 4 aliphatic heterocycles. The second kappa shape index (κ2) is 20.1. The summed E-state index contributed by atoms with van der Waals surface area (Å²) in [6, 6.07) is 0. The van der Waals surface area contributed by atoms with E-state index in [1.54, 1.807) is 0 Å². The van der Waals surface area contributed by atoms with Crippen LogP contribution >= 0.6 is 0 Å². The minimum atomic E-state index is -3.21. The zero-order valence-electron chi connectivity index (χ0n) is 23.6. The average molecular weight is 851 g/mol. The molecule has 16 nitrogen and oxygen atoms in total. The Morgan fingerprint density at radius 2 is 0.571 bits per heavy atom. The number of amidine groups is 4. The first kappa shape index (κ1) is 43.1. The van der Waals surface area contributed by atoms with Crippen LogP contribution in [0.4, 0.5) is 0 Å². The molecule has 0 atom stereocenters. The van der Waals surface area contributed by atoms with Gasteiger partial charge in [-0.05, 0) is 25.7 Å². The molecule has 246 valence electrons. The molecule has 4 fully saturated rings. The quantitative estimate of drug-likeness (QED) is 0.378. The third-order valence-corrected chi connectivity index (χ3v) is 6.67. The van der Waals surface area contributed by atoms with Crippen molar-refractivity contribution >= 4 is 63.4 Å². The molecule has 0 aromatic rings. The summed E-state index contributed by atoms with van der Waals surface area (Å²) in [7, 11) is -12.9. The van der Waals surface area contributed by atoms with Gasteiger partial charge in [0.05, 0.1) is 0 Å². The van der Waals surface area contributed by atoms with Crippen LogP contribution in [-0.2, 0) is 79.0 Å². The Balaban J connectivity index is 0. The van der Waals surface area contributed by atoms with Crippen molar-refractivity contribution in [1.82, 2.24) is 0 Å². The van der Waals surface area contributed by atoms with Crippen LogP contribution in [0.15, 0.2) is 17.6 Å². The summed E-state index contributed by atoms with van der Waals surface area (Å²) in [6.07, 6.45) is 10.8. The summed E-state index contributed by atoms with van der Waals surface area (Å²) in [6.45, 7) is 2.87. The molecule has 4 saturated heterocycles. The van der Waals surface area contributed by atoms with Crippen LogP contribution in [0.2, 0.25) is 0 Å². The van der Waals surface area contributed by atoms with E-state index in [1.165, 1.54) is 0 Å². The molecule has 22 heteroatoms. The Labute approximate surface area is 275 Å². The molecule has 0 unspecified atom stereocenters. The molecular formula is C20H36N8O8Rh2S4. The van der Waals surface area contributed by atoms with Crippen molar-refractivity contribution in [2.45, 2.75) is 51.4 Å². The van der Waals surface area contributed by atoms with E-state index in [9.17, 15) is 33.7 Å². The molecule has 4 heterocycles. The van der Waals surface area contributed by atoms with Gasteiger partial charge in [0.15, 0.2) is 40.1 Å². The molecule has 0 amide bonds. The second-order valence-corrected chi connectivity index (χ2v) is 15.5. The van der Waals surface area contributed by atoms with Crippen LogP contribution in [0.5, 0.6) is 0 Å². The van der Waals surface area contributed by atoms with Crippen molar-refractivity contribution < 1.29 is 72.6 Å². The Bertz CT molecular complexity index is 1170. The summed E-state index contributed by atoms with van der Waals surface area (Å²) >= 11 is 0. The SMILES string of the molecule is CS(=O)(=O)/N=C1\CCC[N-]1.CS(=O)(=O)/N=C1\CCC[N-]1.CS(=O)(=O)/N=C1\CCC[N-]1.CS(=O)(=O)/N=C1\CCC[N-]1.[Rh+2].[Rh+2]. The molecular weight excluding hydrogens is 814 g/mol. The number of hydrogen-bond acceptors (Lipinski definition) is 8. The first-order valence-electron chi connectivity index (χ1n) is 12.2. The van der Waals surface area contributed by atoms with Crippen molar-refractivity contribution in [3.05, 3.63) is 21.3 Å². The van der Waals surface area contributed by atoms with E-state index in [4.69, 9.17) is 0 Å². The molecule has 0 aromatic heterocycles. The van der Waals surface area contributed by atoms with E-state index in [1.807, 2.05) is 0 Å². The maximum atomic E-state index is 10.5. The van der Waals surface area contributed by atoms with Gasteiger partial charge in [-0.15, -0.1) is 0 Å². The van der Waals surface area contributed by atoms with Gasteiger partial charge >= 0.3 is 39.0 Å². The van der Waals surface area contributed by atoms with Crippen LogP contribution in [0.1, 0.15) is 51.4 Å². The standard InChI is InChI=1S/4C5H9N2O2S.2Rh/c4*1-10(8,9)7-5-3-2-4-6-5;;/h4*2-4H2,1H3;;/q4*-1;2*+2. The summed E-state index contributed by atoms with van der Waals surface area (Å²) in [5.74, 6) is 1.90. The third-order valence-electron chi connectivity index (χ3n) is 4.50. The molecule has 0 N–H and O–H groups in total. The average Bonchev–Trinajstić information content (AvgIpc) is 3.54. The molecule has 42 heavy (non-hydrogen) atoms. The van der Waals surface area contributed by atoms with Crippen LogP contribution in [0.25, 0.3) is 21.3 Å². The van der Waals surface area contributed by atoms with Crippen molar-refractivity contribution in [3.63, 3.8) is 0 Å². The van der Waals surface area contributed by atoms with E-state index in [0.717, 1.165) is 50.7 Å². The molecule has 0 spiro atoms. The van der Waals surface area contributed by atoms with Crippen molar-refractivity contribution in [3.8, 4) is 0 Å². The topological polar surface area (TPSA) is 242 Å². The first-order valence-corrected chi connectivity index (χ1v) is 19.6. The third kappa shape index (κ3) is 25.4. The molecule has 0 aliphatic carbocycles. The first-order chi connectivity index (χ1) is 18.3. The maximum absolute atomic E-state index is 10.5. The predicted octanol–water partition coefficient (Wildman–Crippen LogP) is 2.04. The van der Waals surface area contributed by atoms with Gasteiger partial charge in [0.25, 0.3) is 0 Å². The normalized spacial score (nSPS) is 22.0. The van der Waals surface area contributed by atoms with Gasteiger partial charge < -0.3 is 38.9 Å². The van der Waals surface area contributed by atoms with Gasteiger partial charge in [-0.25, -0.2) is 33.7 Å².